The number of piperazine rings is 1. The Morgan fingerprint density at radius 1 is 1.08 bits per heavy atom. The summed E-state index contributed by atoms with van der Waals surface area (Å²) in [7, 11) is -1.72. The molecule has 0 spiro atoms. The highest BCUT2D eigenvalue weighted by molar-refractivity contribution is 7.89. The van der Waals surface area contributed by atoms with Gasteiger partial charge in [-0.2, -0.15) is 4.31 Å². The average molecular weight is 361 g/mol. The number of sulfonamides is 1. The first-order valence-electron chi connectivity index (χ1n) is 8.52. The molecule has 1 saturated heterocycles. The van der Waals surface area contributed by atoms with Gasteiger partial charge in [0.15, 0.2) is 0 Å². The molecular formula is C19H25N2O3S+. The molecule has 1 N–H and O–H groups in total. The summed E-state index contributed by atoms with van der Waals surface area (Å²) in [5, 5.41) is 0. The lowest BCUT2D eigenvalue weighted by molar-refractivity contribution is -0.917. The fourth-order valence-corrected chi connectivity index (χ4v) is 4.59. The van der Waals surface area contributed by atoms with Crippen molar-refractivity contribution < 1.29 is 18.1 Å². The second-order valence-corrected chi connectivity index (χ2v) is 8.43. The molecule has 25 heavy (non-hydrogen) atoms. The highest BCUT2D eigenvalue weighted by Crippen LogP contribution is 2.16. The number of quaternary nitrogens is 1. The summed E-state index contributed by atoms with van der Waals surface area (Å²) in [6.45, 7) is 5.56. The molecule has 1 heterocycles. The SMILES string of the molecule is COc1cccc(C[NH+]2CCN(S(=O)(=O)c3ccc(C)cc3)CC2)c1. The zero-order chi connectivity index (χ0) is 17.9. The van der Waals surface area contributed by atoms with Crippen molar-refractivity contribution in [2.45, 2.75) is 18.4 Å². The van der Waals surface area contributed by atoms with Gasteiger partial charge < -0.3 is 9.64 Å². The molecule has 0 aromatic heterocycles. The molecule has 2 aromatic rings. The molecule has 1 fully saturated rings. The lowest BCUT2D eigenvalue weighted by Crippen LogP contribution is -3.13. The number of methoxy groups -OCH3 is 1. The van der Waals surface area contributed by atoms with Crippen LogP contribution in [0.25, 0.3) is 0 Å². The first-order chi connectivity index (χ1) is 12.0. The monoisotopic (exact) mass is 361 g/mol. The van der Waals surface area contributed by atoms with Gasteiger partial charge in [0.1, 0.15) is 12.3 Å². The predicted octanol–water partition coefficient (Wildman–Crippen LogP) is 1.09. The predicted molar refractivity (Wildman–Crippen MR) is 97.3 cm³/mol. The van der Waals surface area contributed by atoms with Crippen LogP contribution in [0.4, 0.5) is 0 Å². The molecule has 0 radical (unpaired) electrons. The minimum Gasteiger partial charge on any atom is -0.497 e. The Bertz CT molecular complexity index is 811. The van der Waals surface area contributed by atoms with E-state index in [1.807, 2.05) is 37.3 Å². The van der Waals surface area contributed by atoms with E-state index in [0.29, 0.717) is 18.0 Å². The van der Waals surface area contributed by atoms with E-state index in [-0.39, 0.29) is 0 Å². The third kappa shape index (κ3) is 4.21. The van der Waals surface area contributed by atoms with Crippen LogP contribution in [0.1, 0.15) is 11.1 Å². The topological polar surface area (TPSA) is 51.1 Å². The van der Waals surface area contributed by atoms with E-state index in [1.165, 1.54) is 10.5 Å². The number of ether oxygens (including phenoxy) is 1. The number of hydrogen-bond donors (Lipinski definition) is 1. The molecule has 3 rings (SSSR count). The van der Waals surface area contributed by atoms with Crippen LogP contribution in [0.3, 0.4) is 0 Å². The van der Waals surface area contributed by atoms with E-state index >= 15 is 0 Å². The van der Waals surface area contributed by atoms with Crippen LogP contribution >= 0.6 is 0 Å². The Hall–Kier alpha value is -1.89. The normalized spacial score (nSPS) is 16.7. The van der Waals surface area contributed by atoms with Gasteiger partial charge in [0.2, 0.25) is 10.0 Å². The minimum absolute atomic E-state index is 0.384. The maximum atomic E-state index is 12.7. The van der Waals surface area contributed by atoms with Crippen molar-refractivity contribution in [1.29, 1.82) is 0 Å². The Labute approximate surface area is 149 Å². The van der Waals surface area contributed by atoms with Crippen LogP contribution in [-0.2, 0) is 16.6 Å². The number of nitrogens with zero attached hydrogens (tertiary/aromatic N) is 1. The van der Waals surface area contributed by atoms with Crippen LogP contribution in [0, 0.1) is 6.92 Å². The summed E-state index contributed by atoms with van der Waals surface area (Å²) >= 11 is 0. The minimum atomic E-state index is -3.39. The molecule has 0 bridgehead atoms. The third-order valence-corrected chi connectivity index (χ3v) is 6.59. The van der Waals surface area contributed by atoms with Crippen LogP contribution in [0.15, 0.2) is 53.4 Å². The van der Waals surface area contributed by atoms with Gasteiger partial charge in [-0.3, -0.25) is 0 Å². The molecule has 0 amide bonds. The average Bonchev–Trinajstić information content (AvgIpc) is 2.63. The number of nitrogens with one attached hydrogen (secondary N) is 1. The van der Waals surface area contributed by atoms with E-state index in [9.17, 15) is 8.42 Å². The van der Waals surface area contributed by atoms with Crippen LogP contribution in [0.5, 0.6) is 5.75 Å². The van der Waals surface area contributed by atoms with Gasteiger partial charge in [0.25, 0.3) is 0 Å². The van der Waals surface area contributed by atoms with Crippen LogP contribution in [-0.4, -0.2) is 46.0 Å². The maximum absolute atomic E-state index is 12.7. The largest absolute Gasteiger partial charge is 0.497 e. The van der Waals surface area contributed by atoms with E-state index in [0.717, 1.165) is 30.9 Å². The summed E-state index contributed by atoms with van der Waals surface area (Å²) < 4.78 is 32.4. The smallest absolute Gasteiger partial charge is 0.243 e. The van der Waals surface area contributed by atoms with Gasteiger partial charge in [0.05, 0.1) is 38.2 Å². The highest BCUT2D eigenvalue weighted by Gasteiger charge is 2.30. The van der Waals surface area contributed by atoms with Gasteiger partial charge in [0, 0.05) is 5.56 Å². The summed E-state index contributed by atoms with van der Waals surface area (Å²) in [5.41, 5.74) is 2.27. The Kier molecular flexibility index (Phi) is 5.42. The standard InChI is InChI=1S/C19H24N2O3S/c1-16-6-8-19(9-7-16)25(22,23)21-12-10-20(11-13-21)15-17-4-3-5-18(14-17)24-2/h3-9,14H,10-13,15H2,1-2H3/p+1. The molecule has 2 aromatic carbocycles. The van der Waals surface area contributed by atoms with Crippen LogP contribution < -0.4 is 9.64 Å². The molecule has 1 aliphatic heterocycles. The molecule has 5 nitrogen and oxygen atoms in total. The molecule has 6 heteroatoms. The summed E-state index contributed by atoms with van der Waals surface area (Å²) in [6, 6.07) is 15.1. The van der Waals surface area contributed by atoms with Crippen molar-refractivity contribution >= 4 is 10.0 Å². The van der Waals surface area contributed by atoms with Gasteiger partial charge in [-0.15, -0.1) is 0 Å². The van der Waals surface area contributed by atoms with Gasteiger partial charge in [-0.05, 0) is 31.2 Å². The second kappa shape index (κ2) is 7.56. The summed E-state index contributed by atoms with van der Waals surface area (Å²) in [4.78, 5) is 1.78. The molecular weight excluding hydrogens is 336 g/mol. The fourth-order valence-electron chi connectivity index (χ4n) is 3.15. The maximum Gasteiger partial charge on any atom is 0.243 e. The van der Waals surface area contributed by atoms with Crippen molar-refractivity contribution in [1.82, 2.24) is 4.31 Å². The molecule has 0 aliphatic carbocycles. The van der Waals surface area contributed by atoms with E-state index < -0.39 is 10.0 Å². The van der Waals surface area contributed by atoms with Crippen LogP contribution in [0.2, 0.25) is 0 Å². The van der Waals surface area contributed by atoms with Crippen molar-refractivity contribution in [3.8, 4) is 5.75 Å². The molecule has 134 valence electrons. The lowest BCUT2D eigenvalue weighted by atomic mass is 10.2. The molecule has 1 aliphatic rings. The van der Waals surface area contributed by atoms with E-state index in [2.05, 4.69) is 6.07 Å². The van der Waals surface area contributed by atoms with Gasteiger partial charge >= 0.3 is 0 Å². The number of aryl methyl sites for hydroxylation is 1. The second-order valence-electron chi connectivity index (χ2n) is 6.50. The zero-order valence-electron chi connectivity index (χ0n) is 14.7. The zero-order valence-corrected chi connectivity index (χ0v) is 15.6. The molecule has 0 atom stereocenters. The number of hydrogen-bond acceptors (Lipinski definition) is 3. The fraction of sp³-hybridized carbons (Fsp3) is 0.368. The van der Waals surface area contributed by atoms with E-state index in [4.69, 9.17) is 4.74 Å². The quantitative estimate of drug-likeness (QED) is 0.868. The highest BCUT2D eigenvalue weighted by atomic mass is 32.2. The molecule has 0 saturated carbocycles. The Morgan fingerprint density at radius 2 is 1.76 bits per heavy atom. The van der Waals surface area contributed by atoms with Crippen molar-refractivity contribution in [2.75, 3.05) is 33.3 Å². The first-order valence-corrected chi connectivity index (χ1v) is 9.96. The summed E-state index contributed by atoms with van der Waals surface area (Å²) in [6.07, 6.45) is 0. The van der Waals surface area contributed by atoms with Gasteiger partial charge in [-0.1, -0.05) is 29.8 Å². The van der Waals surface area contributed by atoms with Crippen molar-refractivity contribution in [3.05, 3.63) is 59.7 Å². The Balaban J connectivity index is 1.62. The third-order valence-electron chi connectivity index (χ3n) is 4.68. The van der Waals surface area contributed by atoms with E-state index in [1.54, 1.807) is 23.5 Å². The van der Waals surface area contributed by atoms with Crippen molar-refractivity contribution in [3.63, 3.8) is 0 Å². The Morgan fingerprint density at radius 3 is 2.40 bits per heavy atom. The number of rotatable bonds is 5. The molecule has 0 unspecified atom stereocenters. The summed E-state index contributed by atoms with van der Waals surface area (Å²) in [5.74, 6) is 0.859. The lowest BCUT2D eigenvalue weighted by Gasteiger charge is -2.31. The first kappa shape index (κ1) is 17.9. The van der Waals surface area contributed by atoms with Gasteiger partial charge in [-0.25, -0.2) is 8.42 Å². The van der Waals surface area contributed by atoms with Crippen molar-refractivity contribution in [2.24, 2.45) is 0 Å². The number of benzene rings is 2.